The molecule has 1 amide bonds. The molecule has 35 heavy (non-hydrogen) atoms. The Morgan fingerprint density at radius 2 is 1.77 bits per heavy atom. The number of ether oxygens (including phenoxy) is 2. The Kier molecular flexibility index (Phi) is 6.48. The van der Waals surface area contributed by atoms with Gasteiger partial charge < -0.3 is 14.4 Å². The van der Waals surface area contributed by atoms with E-state index in [0.717, 1.165) is 32.5 Å². The number of rotatable bonds is 6. The van der Waals surface area contributed by atoms with Gasteiger partial charge in [-0.2, -0.15) is 5.26 Å². The molecule has 1 aliphatic carbocycles. The summed E-state index contributed by atoms with van der Waals surface area (Å²) in [6.07, 6.45) is 4.86. The summed E-state index contributed by atoms with van der Waals surface area (Å²) in [5, 5.41) is 8.62. The predicted octanol–water partition coefficient (Wildman–Crippen LogP) is 3.08. The van der Waals surface area contributed by atoms with Gasteiger partial charge in [-0.05, 0) is 32.3 Å². The summed E-state index contributed by atoms with van der Waals surface area (Å²) in [6, 6.07) is 12.4. The van der Waals surface area contributed by atoms with Crippen LogP contribution in [0, 0.1) is 16.7 Å². The third-order valence-electron chi connectivity index (χ3n) is 7.29. The quantitative estimate of drug-likeness (QED) is 0.628. The van der Waals surface area contributed by atoms with Crippen molar-refractivity contribution in [2.24, 2.45) is 5.41 Å². The molecule has 3 aliphatic rings. The standard InChI is InChI=1S/C26H32N6O3/c1-19-14-31(24-28-12-23(13-29-24)34-9-8-27)15-20(2)32(19)25(33)35-22-10-26(11-22)17-30(18-26)16-21-6-4-3-5-7-21/h3-7,12-13,19-20,22H,9-11,14-18H2,1-2H3/t19-,20+. The van der Waals surface area contributed by atoms with Crippen LogP contribution < -0.4 is 9.64 Å². The lowest BCUT2D eigenvalue weighted by molar-refractivity contribution is -0.137. The lowest BCUT2D eigenvalue weighted by atomic mass is 9.61. The van der Waals surface area contributed by atoms with Crippen LogP contribution in [0.25, 0.3) is 0 Å². The molecule has 0 bridgehead atoms. The number of nitriles is 1. The molecule has 0 N–H and O–H groups in total. The van der Waals surface area contributed by atoms with Crippen LogP contribution in [0.1, 0.15) is 32.3 Å². The van der Waals surface area contributed by atoms with Crippen molar-refractivity contribution in [1.29, 1.82) is 5.26 Å². The van der Waals surface area contributed by atoms with E-state index in [1.807, 2.05) is 30.9 Å². The third-order valence-corrected chi connectivity index (χ3v) is 7.29. The molecule has 5 rings (SSSR count). The Balaban J connectivity index is 1.08. The zero-order valence-electron chi connectivity index (χ0n) is 20.3. The van der Waals surface area contributed by atoms with E-state index in [4.69, 9.17) is 14.7 Å². The van der Waals surface area contributed by atoms with Gasteiger partial charge in [-0.25, -0.2) is 14.8 Å². The van der Waals surface area contributed by atoms with Crippen molar-refractivity contribution in [1.82, 2.24) is 19.8 Å². The second kappa shape index (κ2) is 9.70. The first-order valence-electron chi connectivity index (χ1n) is 12.3. The average Bonchev–Trinajstić information content (AvgIpc) is 2.80. The number of anilines is 1. The van der Waals surface area contributed by atoms with Crippen LogP contribution in [0.3, 0.4) is 0 Å². The molecule has 9 heteroatoms. The summed E-state index contributed by atoms with van der Waals surface area (Å²) < 4.78 is 11.1. The number of amides is 1. The fourth-order valence-corrected chi connectivity index (χ4v) is 5.82. The molecule has 1 saturated carbocycles. The second-order valence-electron chi connectivity index (χ2n) is 10.2. The number of hydrogen-bond acceptors (Lipinski definition) is 8. The van der Waals surface area contributed by atoms with Crippen molar-refractivity contribution in [3.63, 3.8) is 0 Å². The van der Waals surface area contributed by atoms with Crippen molar-refractivity contribution in [3.05, 3.63) is 48.3 Å². The van der Waals surface area contributed by atoms with E-state index in [1.165, 1.54) is 5.56 Å². The molecule has 1 spiro atoms. The van der Waals surface area contributed by atoms with Gasteiger partial charge in [0, 0.05) is 38.1 Å². The van der Waals surface area contributed by atoms with Crippen LogP contribution in [-0.4, -0.2) is 76.8 Å². The van der Waals surface area contributed by atoms with E-state index in [1.54, 1.807) is 12.4 Å². The van der Waals surface area contributed by atoms with Gasteiger partial charge in [0.2, 0.25) is 5.95 Å². The molecule has 184 valence electrons. The molecule has 2 aromatic rings. The molecule has 2 atom stereocenters. The summed E-state index contributed by atoms with van der Waals surface area (Å²) in [4.78, 5) is 28.2. The first kappa shape index (κ1) is 23.4. The van der Waals surface area contributed by atoms with E-state index < -0.39 is 0 Å². The van der Waals surface area contributed by atoms with E-state index in [9.17, 15) is 4.79 Å². The Bertz CT molecular complexity index is 1050. The summed E-state index contributed by atoms with van der Waals surface area (Å²) >= 11 is 0. The fraction of sp³-hybridized carbons (Fsp3) is 0.538. The molecule has 9 nitrogen and oxygen atoms in total. The summed E-state index contributed by atoms with van der Waals surface area (Å²) in [5.41, 5.74) is 1.68. The second-order valence-corrected chi connectivity index (χ2v) is 10.2. The highest BCUT2D eigenvalue weighted by molar-refractivity contribution is 5.69. The van der Waals surface area contributed by atoms with Gasteiger partial charge in [-0.3, -0.25) is 9.80 Å². The molecule has 2 aliphatic heterocycles. The molecular weight excluding hydrogens is 444 g/mol. The van der Waals surface area contributed by atoms with Crippen LogP contribution in [0.2, 0.25) is 0 Å². The summed E-state index contributed by atoms with van der Waals surface area (Å²) in [7, 11) is 0. The summed E-state index contributed by atoms with van der Waals surface area (Å²) in [5.74, 6) is 1.05. The largest absolute Gasteiger partial charge is 0.476 e. The third kappa shape index (κ3) is 5.03. The molecule has 3 heterocycles. The Hall–Kier alpha value is -3.38. The number of piperazine rings is 1. The first-order valence-corrected chi connectivity index (χ1v) is 12.3. The van der Waals surface area contributed by atoms with E-state index in [-0.39, 0.29) is 30.9 Å². The molecule has 2 saturated heterocycles. The lowest BCUT2D eigenvalue weighted by Crippen LogP contribution is -2.65. The Labute approximate surface area is 206 Å². The van der Waals surface area contributed by atoms with Gasteiger partial charge in [0.05, 0.1) is 24.5 Å². The minimum Gasteiger partial charge on any atom is -0.476 e. The maximum atomic E-state index is 13.0. The van der Waals surface area contributed by atoms with Gasteiger partial charge >= 0.3 is 6.09 Å². The number of likely N-dealkylation sites (tertiary alicyclic amines) is 1. The topological polar surface area (TPSA) is 94.8 Å². The Morgan fingerprint density at radius 1 is 1.11 bits per heavy atom. The van der Waals surface area contributed by atoms with Crippen LogP contribution in [0.4, 0.5) is 10.7 Å². The smallest absolute Gasteiger partial charge is 0.410 e. The lowest BCUT2D eigenvalue weighted by Gasteiger charge is -2.58. The molecule has 0 radical (unpaired) electrons. The number of carbonyl (C=O) groups is 1. The predicted molar refractivity (Wildman–Crippen MR) is 130 cm³/mol. The molecule has 0 unspecified atom stereocenters. The van der Waals surface area contributed by atoms with Crippen LogP contribution >= 0.6 is 0 Å². The van der Waals surface area contributed by atoms with Gasteiger partial charge in [0.1, 0.15) is 12.2 Å². The number of nitrogens with zero attached hydrogens (tertiary/aromatic N) is 6. The molecular formula is C26H32N6O3. The van der Waals surface area contributed by atoms with Crippen LogP contribution in [0.5, 0.6) is 5.75 Å². The van der Waals surface area contributed by atoms with Crippen molar-refractivity contribution in [2.45, 2.75) is 51.4 Å². The van der Waals surface area contributed by atoms with Crippen molar-refractivity contribution in [3.8, 4) is 11.8 Å². The highest BCUT2D eigenvalue weighted by Crippen LogP contribution is 2.50. The van der Waals surface area contributed by atoms with Gasteiger partial charge in [-0.1, -0.05) is 30.3 Å². The van der Waals surface area contributed by atoms with Crippen molar-refractivity contribution < 1.29 is 14.3 Å². The van der Waals surface area contributed by atoms with Crippen LogP contribution in [0.15, 0.2) is 42.7 Å². The van der Waals surface area contributed by atoms with E-state index in [2.05, 4.69) is 44.0 Å². The van der Waals surface area contributed by atoms with Crippen molar-refractivity contribution in [2.75, 3.05) is 37.7 Å². The Morgan fingerprint density at radius 3 is 2.40 bits per heavy atom. The normalized spacial score (nSPS) is 23.8. The maximum absolute atomic E-state index is 13.0. The fourth-order valence-electron chi connectivity index (χ4n) is 5.82. The van der Waals surface area contributed by atoms with Gasteiger partial charge in [-0.15, -0.1) is 0 Å². The zero-order chi connectivity index (χ0) is 24.4. The number of carbonyl (C=O) groups excluding carboxylic acids is 1. The van der Waals surface area contributed by atoms with Gasteiger partial charge in [0.25, 0.3) is 0 Å². The minimum absolute atomic E-state index is 0.0168. The van der Waals surface area contributed by atoms with E-state index >= 15 is 0 Å². The van der Waals surface area contributed by atoms with Crippen molar-refractivity contribution >= 4 is 12.0 Å². The highest BCUT2D eigenvalue weighted by atomic mass is 16.6. The molecule has 1 aromatic carbocycles. The molecule has 3 fully saturated rings. The zero-order valence-corrected chi connectivity index (χ0v) is 20.3. The maximum Gasteiger partial charge on any atom is 0.410 e. The first-order chi connectivity index (χ1) is 16.9. The van der Waals surface area contributed by atoms with Crippen LogP contribution in [-0.2, 0) is 11.3 Å². The minimum atomic E-state index is -0.217. The summed E-state index contributed by atoms with van der Waals surface area (Å²) in [6.45, 7) is 8.44. The van der Waals surface area contributed by atoms with E-state index in [0.29, 0.717) is 30.2 Å². The number of benzene rings is 1. The number of hydrogen-bond donors (Lipinski definition) is 0. The average molecular weight is 477 g/mol. The number of aromatic nitrogens is 2. The van der Waals surface area contributed by atoms with Gasteiger partial charge in [0.15, 0.2) is 12.4 Å². The highest BCUT2D eigenvalue weighted by Gasteiger charge is 2.54. The monoisotopic (exact) mass is 476 g/mol. The SMILES string of the molecule is C[C@@H]1CN(c2ncc(OCC#N)cn2)C[C@H](C)N1C(=O)OC1CC2(C1)CN(Cc1ccccc1)C2. The molecule has 1 aromatic heterocycles.